The van der Waals surface area contributed by atoms with Crippen LogP contribution < -0.4 is 15.8 Å². The van der Waals surface area contributed by atoms with Crippen molar-refractivity contribution in [3.05, 3.63) is 58.6 Å². The van der Waals surface area contributed by atoms with Gasteiger partial charge in [-0.15, -0.1) is 0 Å². The number of nitrogens with one attached hydrogen (secondary N) is 1. The molecule has 1 aromatic carbocycles. The Bertz CT molecular complexity index is 1060. The molecule has 3 atom stereocenters. The van der Waals surface area contributed by atoms with Crippen LogP contribution in [0.4, 0.5) is 5.82 Å². The molecular weight excluding hydrogens is 430 g/mol. The Labute approximate surface area is 200 Å². The van der Waals surface area contributed by atoms with Crippen LogP contribution in [0, 0.1) is 5.92 Å². The molecule has 0 aliphatic carbocycles. The molecule has 8 heteroatoms. The number of likely N-dealkylation sites (tertiary alicyclic amines) is 1. The Kier molecular flexibility index (Phi) is 6.44. The number of hydrogen-bond acceptors (Lipinski definition) is 6. The lowest BCUT2D eigenvalue weighted by molar-refractivity contribution is -0.136. The summed E-state index contributed by atoms with van der Waals surface area (Å²) in [5.74, 6) is 1.63. The summed E-state index contributed by atoms with van der Waals surface area (Å²) in [5, 5.41) is 14.6. The highest BCUT2D eigenvalue weighted by atomic mass is 16.3. The maximum Gasteiger partial charge on any atom is 0.255 e. The van der Waals surface area contributed by atoms with Crippen molar-refractivity contribution in [3.8, 4) is 0 Å². The molecule has 0 saturated carbocycles. The van der Waals surface area contributed by atoms with E-state index in [1.807, 2.05) is 23.1 Å². The molecule has 0 unspecified atom stereocenters. The fraction of sp³-hybridized carbons (Fsp3) is 0.577. The first kappa shape index (κ1) is 23.1. The number of carbonyl (C=O) groups is 1. The van der Waals surface area contributed by atoms with Gasteiger partial charge in [-0.2, -0.15) is 0 Å². The van der Waals surface area contributed by atoms with Crippen LogP contribution in [0.15, 0.2) is 47.5 Å². The van der Waals surface area contributed by atoms with Crippen molar-refractivity contribution < 1.29 is 9.90 Å². The second kappa shape index (κ2) is 9.50. The first-order valence-electron chi connectivity index (χ1n) is 12.5. The van der Waals surface area contributed by atoms with Gasteiger partial charge in [0, 0.05) is 44.7 Å². The third kappa shape index (κ3) is 4.88. The van der Waals surface area contributed by atoms with E-state index >= 15 is 0 Å². The molecule has 3 aliphatic rings. The van der Waals surface area contributed by atoms with Crippen LogP contribution in [0.2, 0.25) is 0 Å². The van der Waals surface area contributed by atoms with Crippen LogP contribution in [0.5, 0.6) is 0 Å². The topological polar surface area (TPSA) is 90.7 Å². The highest BCUT2D eigenvalue weighted by Crippen LogP contribution is 2.30. The minimum atomic E-state index is -1.01. The number of piperidine rings is 2. The van der Waals surface area contributed by atoms with Gasteiger partial charge < -0.3 is 20.2 Å². The number of carbonyl (C=O) groups excluding carboxylic acids is 1. The fourth-order valence-electron chi connectivity index (χ4n) is 5.72. The Morgan fingerprint density at radius 2 is 2.00 bits per heavy atom. The molecule has 5 rings (SSSR count). The zero-order chi connectivity index (χ0) is 23.7. The summed E-state index contributed by atoms with van der Waals surface area (Å²) in [4.78, 5) is 34.3. The van der Waals surface area contributed by atoms with E-state index in [2.05, 4.69) is 34.3 Å². The zero-order valence-electron chi connectivity index (χ0n) is 19.9. The van der Waals surface area contributed by atoms with E-state index in [0.717, 1.165) is 37.4 Å². The van der Waals surface area contributed by atoms with E-state index < -0.39 is 5.60 Å². The number of hydrogen-bond donors (Lipinski definition) is 2. The molecule has 34 heavy (non-hydrogen) atoms. The van der Waals surface area contributed by atoms with Crippen molar-refractivity contribution in [1.29, 1.82) is 0 Å². The summed E-state index contributed by atoms with van der Waals surface area (Å²) in [7, 11) is 0. The average molecular weight is 466 g/mol. The zero-order valence-corrected chi connectivity index (χ0v) is 19.9. The van der Waals surface area contributed by atoms with Crippen molar-refractivity contribution in [1.82, 2.24) is 19.8 Å². The first-order chi connectivity index (χ1) is 16.4. The molecule has 2 aromatic rings. The van der Waals surface area contributed by atoms with Crippen molar-refractivity contribution >= 4 is 11.7 Å². The Hall–Kier alpha value is -2.71. The van der Waals surface area contributed by atoms with Crippen LogP contribution in [0.1, 0.15) is 44.1 Å². The van der Waals surface area contributed by atoms with Crippen LogP contribution in [0.3, 0.4) is 0 Å². The first-order valence-corrected chi connectivity index (χ1v) is 12.5. The second-order valence-electron chi connectivity index (χ2n) is 10.4. The number of rotatable bonds is 6. The molecule has 3 saturated heterocycles. The lowest BCUT2D eigenvalue weighted by Gasteiger charge is -2.38. The smallest absolute Gasteiger partial charge is 0.255 e. The highest BCUT2D eigenvalue weighted by molar-refractivity contribution is 5.77. The standard InChI is InChI=1S/C26H35N5O3/c1-19(21-5-3-2-4-6-21)11-24(32)29-9-7-26(34,8-10-29)17-30-18-28-23(13-25(30)33)31-16-20-12-22(31)15-27-14-20/h2-6,13,18-20,22,27,34H,7-12,14-17H2,1H3/t19-,20+,22-/m1/s1. The minimum Gasteiger partial charge on any atom is -0.388 e. The summed E-state index contributed by atoms with van der Waals surface area (Å²) in [5.41, 5.74) is 0.0135. The summed E-state index contributed by atoms with van der Waals surface area (Å²) >= 11 is 0. The number of amides is 1. The van der Waals surface area contributed by atoms with Crippen molar-refractivity contribution in [2.75, 3.05) is 37.6 Å². The lowest BCUT2D eigenvalue weighted by Crippen LogP contribution is -2.49. The fourth-order valence-corrected chi connectivity index (χ4v) is 5.72. The normalized spacial score (nSPS) is 24.8. The van der Waals surface area contributed by atoms with Crippen molar-refractivity contribution in [3.63, 3.8) is 0 Å². The number of benzene rings is 1. The Morgan fingerprint density at radius 3 is 2.71 bits per heavy atom. The van der Waals surface area contributed by atoms with E-state index in [-0.39, 0.29) is 23.9 Å². The quantitative estimate of drug-likeness (QED) is 0.673. The molecule has 2 bridgehead atoms. The lowest BCUT2D eigenvalue weighted by atomic mass is 9.90. The largest absolute Gasteiger partial charge is 0.388 e. The molecule has 1 aromatic heterocycles. The van der Waals surface area contributed by atoms with Gasteiger partial charge in [-0.1, -0.05) is 37.3 Å². The van der Waals surface area contributed by atoms with Gasteiger partial charge in [0.25, 0.3) is 5.56 Å². The molecular formula is C26H35N5O3. The van der Waals surface area contributed by atoms with Crippen LogP contribution >= 0.6 is 0 Å². The average Bonchev–Trinajstić information content (AvgIpc) is 3.14. The molecule has 182 valence electrons. The van der Waals surface area contributed by atoms with Gasteiger partial charge in [-0.25, -0.2) is 4.98 Å². The minimum absolute atomic E-state index is 0.118. The van der Waals surface area contributed by atoms with Gasteiger partial charge in [0.2, 0.25) is 5.91 Å². The number of nitrogens with zero attached hydrogens (tertiary/aromatic N) is 4. The van der Waals surface area contributed by atoms with Crippen molar-refractivity contribution in [2.45, 2.75) is 56.7 Å². The SMILES string of the molecule is C[C@H](CC(=O)N1CCC(O)(Cn2cnc(N3C[C@@H]4CNC[C@H]3C4)cc2=O)CC1)c1ccccc1. The summed E-state index contributed by atoms with van der Waals surface area (Å²) < 4.78 is 1.51. The maximum absolute atomic E-state index is 12.8. The van der Waals surface area contributed by atoms with Gasteiger partial charge in [0.15, 0.2) is 0 Å². The highest BCUT2D eigenvalue weighted by Gasteiger charge is 2.37. The molecule has 1 amide bonds. The van der Waals surface area contributed by atoms with E-state index in [1.54, 1.807) is 12.4 Å². The van der Waals surface area contributed by atoms with Crippen LogP contribution in [0.25, 0.3) is 0 Å². The predicted molar refractivity (Wildman–Crippen MR) is 131 cm³/mol. The molecule has 8 nitrogen and oxygen atoms in total. The van der Waals surface area contributed by atoms with E-state index in [9.17, 15) is 14.7 Å². The number of anilines is 1. The predicted octanol–water partition coefficient (Wildman–Crippen LogP) is 1.59. The third-order valence-electron chi connectivity index (χ3n) is 7.83. The van der Waals surface area contributed by atoms with Gasteiger partial charge in [0.1, 0.15) is 5.82 Å². The molecule has 3 aliphatic heterocycles. The second-order valence-corrected chi connectivity index (χ2v) is 10.4. The monoisotopic (exact) mass is 465 g/mol. The Morgan fingerprint density at radius 1 is 1.24 bits per heavy atom. The van der Waals surface area contributed by atoms with Gasteiger partial charge in [0.05, 0.1) is 18.5 Å². The molecule has 3 fully saturated rings. The van der Waals surface area contributed by atoms with E-state index in [0.29, 0.717) is 44.3 Å². The number of aliphatic hydroxyl groups is 1. The van der Waals surface area contributed by atoms with Gasteiger partial charge in [-0.05, 0) is 43.2 Å². The Balaban J connectivity index is 1.17. The van der Waals surface area contributed by atoms with E-state index in [1.165, 1.54) is 4.57 Å². The third-order valence-corrected chi connectivity index (χ3v) is 7.83. The van der Waals surface area contributed by atoms with Crippen LogP contribution in [-0.2, 0) is 11.3 Å². The van der Waals surface area contributed by atoms with Gasteiger partial charge in [-0.3, -0.25) is 14.2 Å². The summed E-state index contributed by atoms with van der Waals surface area (Å²) in [6, 6.07) is 12.1. The van der Waals surface area contributed by atoms with Crippen LogP contribution in [-0.4, -0.2) is 69.8 Å². The van der Waals surface area contributed by atoms with Crippen molar-refractivity contribution in [2.24, 2.45) is 5.92 Å². The molecule has 0 spiro atoms. The molecule has 0 radical (unpaired) electrons. The number of fused-ring (bicyclic) bond motifs is 2. The summed E-state index contributed by atoms with van der Waals surface area (Å²) in [6.45, 7) is 6.17. The summed E-state index contributed by atoms with van der Waals surface area (Å²) in [6.07, 6.45) is 4.09. The maximum atomic E-state index is 12.8. The van der Waals surface area contributed by atoms with E-state index in [4.69, 9.17) is 0 Å². The molecule has 4 heterocycles. The number of aromatic nitrogens is 2. The van der Waals surface area contributed by atoms with Gasteiger partial charge >= 0.3 is 0 Å². The molecule has 2 N–H and O–H groups in total.